The number of ether oxygens (including phenoxy) is 1. The predicted octanol–water partition coefficient (Wildman–Crippen LogP) is 5.88. The van der Waals surface area contributed by atoms with E-state index in [4.69, 9.17) is 4.74 Å². The molecule has 3 aromatic carbocycles. The van der Waals surface area contributed by atoms with E-state index in [1.54, 1.807) is 11.0 Å². The average Bonchev–Trinajstić information content (AvgIpc) is 2.79. The summed E-state index contributed by atoms with van der Waals surface area (Å²) in [5, 5.41) is 2.76. The van der Waals surface area contributed by atoms with Gasteiger partial charge in [0.1, 0.15) is 6.61 Å². The van der Waals surface area contributed by atoms with Gasteiger partial charge in [-0.3, -0.25) is 10.2 Å². The summed E-state index contributed by atoms with van der Waals surface area (Å²) in [7, 11) is 0. The van der Waals surface area contributed by atoms with E-state index in [0.29, 0.717) is 18.8 Å². The molecule has 1 aliphatic rings. The van der Waals surface area contributed by atoms with Crippen molar-refractivity contribution in [3.05, 3.63) is 95.1 Å². The molecule has 33 heavy (non-hydrogen) atoms. The third-order valence-corrected chi connectivity index (χ3v) is 5.58. The number of anilines is 2. The molecule has 170 valence electrons. The molecule has 3 aromatic rings. The van der Waals surface area contributed by atoms with Crippen LogP contribution in [0.5, 0.6) is 0 Å². The Morgan fingerprint density at radius 2 is 1.67 bits per heavy atom. The van der Waals surface area contributed by atoms with Crippen LogP contribution in [0.3, 0.4) is 0 Å². The molecule has 0 atom stereocenters. The highest BCUT2D eigenvalue weighted by Crippen LogP contribution is 2.25. The van der Waals surface area contributed by atoms with E-state index in [-0.39, 0.29) is 12.6 Å². The van der Waals surface area contributed by atoms with E-state index >= 15 is 0 Å². The SMILES string of the molecule is Cc1cc(C)cc(CN2CCCN(c3cccc(NC(=O)OCc4ccccc4)c3)C2=O)c1. The van der Waals surface area contributed by atoms with Crippen LogP contribution in [0.15, 0.2) is 72.8 Å². The van der Waals surface area contributed by atoms with Crippen molar-refractivity contribution < 1.29 is 14.3 Å². The molecule has 0 aromatic heterocycles. The first-order valence-electron chi connectivity index (χ1n) is 11.2. The van der Waals surface area contributed by atoms with E-state index in [0.717, 1.165) is 29.8 Å². The monoisotopic (exact) mass is 443 g/mol. The van der Waals surface area contributed by atoms with Gasteiger partial charge in [0.2, 0.25) is 0 Å². The minimum absolute atomic E-state index is 0.0239. The number of carbonyl (C=O) groups is 2. The summed E-state index contributed by atoms with van der Waals surface area (Å²) in [6.45, 7) is 6.30. The van der Waals surface area contributed by atoms with Crippen molar-refractivity contribution in [1.82, 2.24) is 4.90 Å². The first-order chi connectivity index (χ1) is 16.0. The molecule has 6 heteroatoms. The van der Waals surface area contributed by atoms with Crippen LogP contribution in [-0.4, -0.2) is 30.1 Å². The number of benzene rings is 3. The summed E-state index contributed by atoms with van der Waals surface area (Å²) >= 11 is 0. The lowest BCUT2D eigenvalue weighted by atomic mass is 10.1. The zero-order chi connectivity index (χ0) is 23.2. The number of nitrogens with one attached hydrogen (secondary N) is 1. The van der Waals surface area contributed by atoms with Crippen molar-refractivity contribution in [3.63, 3.8) is 0 Å². The first kappa shape index (κ1) is 22.4. The number of aryl methyl sites for hydroxylation is 2. The second kappa shape index (κ2) is 10.2. The number of hydrogen-bond donors (Lipinski definition) is 1. The minimum atomic E-state index is -0.530. The standard InChI is InChI=1S/C27H29N3O3/c1-20-14-21(2)16-23(15-20)18-29-12-7-13-30(27(29)32)25-11-6-10-24(17-25)28-26(31)33-19-22-8-4-3-5-9-22/h3-6,8-11,14-17H,7,12-13,18-19H2,1-2H3,(H,28,31). The maximum absolute atomic E-state index is 13.2. The lowest BCUT2D eigenvalue weighted by Gasteiger charge is -2.36. The van der Waals surface area contributed by atoms with Gasteiger partial charge in [0.25, 0.3) is 0 Å². The van der Waals surface area contributed by atoms with Gasteiger partial charge in [-0.1, -0.05) is 65.7 Å². The minimum Gasteiger partial charge on any atom is -0.444 e. The van der Waals surface area contributed by atoms with E-state index in [2.05, 4.69) is 37.4 Å². The van der Waals surface area contributed by atoms with Crippen molar-refractivity contribution in [2.75, 3.05) is 23.3 Å². The van der Waals surface area contributed by atoms with E-state index in [1.807, 2.05) is 53.4 Å². The highest BCUT2D eigenvalue weighted by molar-refractivity contribution is 5.94. The maximum Gasteiger partial charge on any atom is 0.411 e. The normalized spacial score (nSPS) is 13.7. The molecule has 0 unspecified atom stereocenters. The van der Waals surface area contributed by atoms with E-state index in [1.165, 1.54) is 11.1 Å². The maximum atomic E-state index is 13.2. The van der Waals surface area contributed by atoms with Crippen molar-refractivity contribution >= 4 is 23.5 Å². The number of hydrogen-bond acceptors (Lipinski definition) is 3. The molecule has 0 spiro atoms. The summed E-state index contributed by atoms with van der Waals surface area (Å²) in [6, 6.07) is 23.2. The number of urea groups is 1. The van der Waals surface area contributed by atoms with E-state index < -0.39 is 6.09 Å². The molecule has 6 nitrogen and oxygen atoms in total. The van der Waals surface area contributed by atoms with Crippen molar-refractivity contribution in [3.8, 4) is 0 Å². The molecule has 1 N–H and O–H groups in total. The summed E-state index contributed by atoms with van der Waals surface area (Å²) in [4.78, 5) is 29.1. The van der Waals surface area contributed by atoms with Gasteiger partial charge < -0.3 is 9.64 Å². The van der Waals surface area contributed by atoms with Crippen LogP contribution < -0.4 is 10.2 Å². The van der Waals surface area contributed by atoms with Gasteiger partial charge in [-0.25, -0.2) is 9.59 Å². The average molecular weight is 444 g/mol. The zero-order valence-corrected chi connectivity index (χ0v) is 19.1. The van der Waals surface area contributed by atoms with Crippen molar-refractivity contribution in [2.24, 2.45) is 0 Å². The predicted molar refractivity (Wildman–Crippen MR) is 130 cm³/mol. The summed E-state index contributed by atoms with van der Waals surface area (Å²) in [5.74, 6) is 0. The van der Waals surface area contributed by atoms with Crippen LogP contribution in [0.25, 0.3) is 0 Å². The Kier molecular flexibility index (Phi) is 6.93. The van der Waals surface area contributed by atoms with Crippen molar-refractivity contribution in [2.45, 2.75) is 33.4 Å². The van der Waals surface area contributed by atoms with Crippen LogP contribution in [-0.2, 0) is 17.9 Å². The summed E-state index contributed by atoms with van der Waals surface area (Å²) in [6.07, 6.45) is 0.352. The first-order valence-corrected chi connectivity index (χ1v) is 11.2. The fourth-order valence-corrected chi connectivity index (χ4v) is 4.18. The number of rotatable bonds is 6. The third kappa shape index (κ3) is 5.92. The topological polar surface area (TPSA) is 61.9 Å². The number of nitrogens with zero attached hydrogens (tertiary/aromatic N) is 2. The Balaban J connectivity index is 1.40. The molecular formula is C27H29N3O3. The number of carbonyl (C=O) groups excluding carboxylic acids is 2. The lowest BCUT2D eigenvalue weighted by Crippen LogP contribution is -2.49. The molecule has 1 heterocycles. The molecule has 1 saturated heterocycles. The van der Waals surface area contributed by atoms with Gasteiger partial charge >= 0.3 is 12.1 Å². The smallest absolute Gasteiger partial charge is 0.411 e. The molecular weight excluding hydrogens is 414 g/mol. The van der Waals surface area contributed by atoms with E-state index in [9.17, 15) is 9.59 Å². The van der Waals surface area contributed by atoms with Gasteiger partial charge in [-0.05, 0) is 49.6 Å². The molecule has 0 radical (unpaired) electrons. The summed E-state index contributed by atoms with van der Waals surface area (Å²) < 4.78 is 5.30. The molecule has 3 amide bonds. The molecule has 0 aliphatic carbocycles. The highest BCUT2D eigenvalue weighted by atomic mass is 16.5. The quantitative estimate of drug-likeness (QED) is 0.517. The Morgan fingerprint density at radius 3 is 2.42 bits per heavy atom. The van der Waals surface area contributed by atoms with Crippen LogP contribution in [0.2, 0.25) is 0 Å². The lowest BCUT2D eigenvalue weighted by molar-refractivity contribution is 0.155. The molecule has 0 saturated carbocycles. The molecule has 1 fully saturated rings. The Hall–Kier alpha value is -3.80. The fourth-order valence-electron chi connectivity index (χ4n) is 4.18. The third-order valence-electron chi connectivity index (χ3n) is 5.58. The Bertz CT molecular complexity index is 1110. The fraction of sp³-hybridized carbons (Fsp3) is 0.259. The van der Waals surface area contributed by atoms with Crippen LogP contribution in [0, 0.1) is 13.8 Å². The number of amides is 3. The van der Waals surface area contributed by atoms with Gasteiger partial charge in [0.15, 0.2) is 0 Å². The Morgan fingerprint density at radius 1 is 0.909 bits per heavy atom. The van der Waals surface area contributed by atoms with Gasteiger partial charge in [-0.15, -0.1) is 0 Å². The van der Waals surface area contributed by atoms with Crippen molar-refractivity contribution in [1.29, 1.82) is 0 Å². The second-order valence-corrected chi connectivity index (χ2v) is 8.44. The molecule has 0 bridgehead atoms. The Labute approximate surface area is 194 Å². The van der Waals surface area contributed by atoms with Gasteiger partial charge in [0.05, 0.1) is 0 Å². The van der Waals surface area contributed by atoms with Gasteiger partial charge in [-0.2, -0.15) is 0 Å². The zero-order valence-electron chi connectivity index (χ0n) is 19.1. The van der Waals surface area contributed by atoms with Crippen LogP contribution >= 0.6 is 0 Å². The largest absolute Gasteiger partial charge is 0.444 e. The van der Waals surface area contributed by atoms with Crippen LogP contribution in [0.4, 0.5) is 21.0 Å². The second-order valence-electron chi connectivity index (χ2n) is 8.44. The highest BCUT2D eigenvalue weighted by Gasteiger charge is 2.27. The van der Waals surface area contributed by atoms with Gasteiger partial charge in [0, 0.05) is 31.0 Å². The van der Waals surface area contributed by atoms with Crippen LogP contribution in [0.1, 0.15) is 28.7 Å². The summed E-state index contributed by atoms with van der Waals surface area (Å²) in [5.41, 5.74) is 5.80. The molecule has 1 aliphatic heterocycles. The molecule has 4 rings (SSSR count).